The van der Waals surface area contributed by atoms with Gasteiger partial charge in [0.2, 0.25) is 11.8 Å². The fourth-order valence-electron chi connectivity index (χ4n) is 4.52. The minimum Gasteiger partial charge on any atom is -0.445 e. The van der Waals surface area contributed by atoms with E-state index in [1.54, 1.807) is 11.1 Å². The van der Waals surface area contributed by atoms with E-state index >= 15 is 0 Å². The molecule has 1 N–H and O–H groups in total. The van der Waals surface area contributed by atoms with Gasteiger partial charge in [0.15, 0.2) is 0 Å². The Morgan fingerprint density at radius 1 is 1.00 bits per heavy atom. The second-order valence-corrected chi connectivity index (χ2v) is 8.90. The topological polar surface area (TPSA) is 93.5 Å². The summed E-state index contributed by atoms with van der Waals surface area (Å²) in [4.78, 5) is 40.0. The Hall–Kier alpha value is -4.46. The molecule has 3 aromatic carbocycles. The van der Waals surface area contributed by atoms with E-state index in [0.717, 1.165) is 27.6 Å². The molecule has 5 rings (SSSR count). The predicted molar refractivity (Wildman–Crippen MR) is 134 cm³/mol. The molecule has 2 amide bonds. The molecule has 0 spiro atoms. The van der Waals surface area contributed by atoms with Crippen LogP contribution in [-0.2, 0) is 35.6 Å². The van der Waals surface area contributed by atoms with Crippen molar-refractivity contribution in [3.05, 3.63) is 101 Å². The lowest BCUT2D eigenvalue weighted by Gasteiger charge is -2.25. The normalized spacial score (nSPS) is 15.3. The van der Waals surface area contributed by atoms with Crippen LogP contribution in [0.4, 0.5) is 4.79 Å². The average molecular weight is 483 g/mol. The molecule has 1 aromatic heterocycles. The molecule has 0 unspecified atom stereocenters. The summed E-state index contributed by atoms with van der Waals surface area (Å²) < 4.78 is 6.75. The number of rotatable bonds is 5. The number of hydrogen-bond donors (Lipinski definition) is 1. The van der Waals surface area contributed by atoms with Crippen molar-refractivity contribution in [3.8, 4) is 0 Å². The molecule has 182 valence electrons. The molecule has 0 radical (unpaired) electrons. The fourth-order valence-corrected chi connectivity index (χ4v) is 4.52. The van der Waals surface area contributed by atoms with Crippen LogP contribution in [0, 0.1) is 0 Å². The first kappa shape index (κ1) is 23.3. The largest absolute Gasteiger partial charge is 0.445 e. The number of fused-ring (bicyclic) bond motifs is 2. The van der Waals surface area contributed by atoms with Gasteiger partial charge >= 0.3 is 6.09 Å². The Kier molecular flexibility index (Phi) is 6.49. The molecule has 1 atom stereocenters. The van der Waals surface area contributed by atoms with Gasteiger partial charge in [0.25, 0.3) is 0 Å². The zero-order chi connectivity index (χ0) is 25.1. The number of alkyl carbamates (subject to hydrolysis) is 1. The minimum absolute atomic E-state index is 0.114. The third-order valence-corrected chi connectivity index (χ3v) is 6.30. The summed E-state index contributed by atoms with van der Waals surface area (Å²) >= 11 is 0. The highest BCUT2D eigenvalue weighted by Crippen LogP contribution is 2.27. The number of carbonyl (C=O) groups is 3. The van der Waals surface area contributed by atoms with Crippen LogP contribution in [0.15, 0.2) is 79.0 Å². The molecule has 8 nitrogen and oxygen atoms in total. The van der Waals surface area contributed by atoms with E-state index in [1.807, 2.05) is 72.8 Å². The van der Waals surface area contributed by atoms with E-state index in [9.17, 15) is 14.4 Å². The first-order valence-corrected chi connectivity index (χ1v) is 11.8. The summed E-state index contributed by atoms with van der Waals surface area (Å²) in [5.74, 6) is -0.375. The number of ether oxygens (including phenoxy) is 1. The summed E-state index contributed by atoms with van der Waals surface area (Å²) in [7, 11) is 0. The molecule has 1 aliphatic heterocycles. The third-order valence-electron chi connectivity index (χ3n) is 6.30. The lowest BCUT2D eigenvalue weighted by molar-refractivity contribution is -0.134. The molecule has 1 aliphatic rings. The Morgan fingerprint density at radius 3 is 2.39 bits per heavy atom. The molecule has 0 bridgehead atoms. The van der Waals surface area contributed by atoms with Crippen molar-refractivity contribution < 1.29 is 19.1 Å². The average Bonchev–Trinajstić information content (AvgIpc) is 3.25. The third kappa shape index (κ3) is 4.98. The van der Waals surface area contributed by atoms with Crippen LogP contribution in [0.3, 0.4) is 0 Å². The Labute approximate surface area is 208 Å². The number of nitrogens with one attached hydrogen (secondary N) is 1. The quantitative estimate of drug-likeness (QED) is 0.463. The van der Waals surface area contributed by atoms with Gasteiger partial charge in [0.1, 0.15) is 12.6 Å². The second-order valence-electron chi connectivity index (χ2n) is 8.90. The van der Waals surface area contributed by atoms with Crippen LogP contribution in [0.1, 0.15) is 34.0 Å². The van der Waals surface area contributed by atoms with Crippen LogP contribution in [0.5, 0.6) is 0 Å². The van der Waals surface area contributed by atoms with Crippen molar-refractivity contribution >= 4 is 28.8 Å². The van der Waals surface area contributed by atoms with Gasteiger partial charge in [-0.1, -0.05) is 60.7 Å². The molecular weight excluding hydrogens is 456 g/mol. The summed E-state index contributed by atoms with van der Waals surface area (Å²) in [6.45, 7) is 2.31. The number of hydrogen-bond acceptors (Lipinski definition) is 5. The fraction of sp³-hybridized carbons (Fsp3) is 0.214. The van der Waals surface area contributed by atoms with Gasteiger partial charge in [-0.05, 0) is 34.4 Å². The summed E-state index contributed by atoms with van der Waals surface area (Å²) in [5, 5.41) is 7.79. The van der Waals surface area contributed by atoms with Gasteiger partial charge in [-0.15, -0.1) is 0 Å². The van der Waals surface area contributed by atoms with E-state index in [-0.39, 0.29) is 18.4 Å². The van der Waals surface area contributed by atoms with E-state index in [1.165, 1.54) is 11.6 Å². The second kappa shape index (κ2) is 10.0. The van der Waals surface area contributed by atoms with Gasteiger partial charge in [-0.25, -0.2) is 9.48 Å². The van der Waals surface area contributed by atoms with Crippen LogP contribution in [0.2, 0.25) is 0 Å². The first-order chi connectivity index (χ1) is 17.5. The van der Waals surface area contributed by atoms with Crippen molar-refractivity contribution in [2.45, 2.75) is 39.1 Å². The summed E-state index contributed by atoms with van der Waals surface area (Å²) in [6.07, 6.45) is 1.30. The number of amides is 2. The number of benzene rings is 3. The van der Waals surface area contributed by atoms with Crippen LogP contribution in [0.25, 0.3) is 10.9 Å². The molecule has 0 saturated heterocycles. The van der Waals surface area contributed by atoms with Gasteiger partial charge in [0, 0.05) is 31.8 Å². The van der Waals surface area contributed by atoms with Gasteiger partial charge < -0.3 is 15.0 Å². The van der Waals surface area contributed by atoms with Gasteiger partial charge in [-0.3, -0.25) is 9.59 Å². The van der Waals surface area contributed by atoms with Crippen molar-refractivity contribution in [2.24, 2.45) is 0 Å². The van der Waals surface area contributed by atoms with E-state index in [2.05, 4.69) is 10.4 Å². The van der Waals surface area contributed by atoms with Gasteiger partial charge in [0.05, 0.1) is 11.7 Å². The highest BCUT2D eigenvalue weighted by molar-refractivity contribution is 5.91. The monoisotopic (exact) mass is 482 g/mol. The minimum atomic E-state index is -0.793. The Bertz CT molecular complexity index is 1420. The van der Waals surface area contributed by atoms with Crippen molar-refractivity contribution in [2.75, 3.05) is 0 Å². The number of carbonyl (C=O) groups excluding carboxylic acids is 3. The molecule has 36 heavy (non-hydrogen) atoms. The molecule has 0 saturated carbocycles. The Balaban J connectivity index is 1.43. The SMILES string of the molecule is CC(=O)n1ncc2cc3c(cc21)CN(Cc1ccccc1)C(=O)[C@H](NC(=O)OCc1ccccc1)C3. The highest BCUT2D eigenvalue weighted by atomic mass is 16.5. The van der Waals surface area contributed by atoms with Crippen molar-refractivity contribution in [1.29, 1.82) is 0 Å². The molecule has 2 heterocycles. The maximum Gasteiger partial charge on any atom is 0.408 e. The zero-order valence-corrected chi connectivity index (χ0v) is 19.9. The van der Waals surface area contributed by atoms with Crippen LogP contribution in [-0.4, -0.2) is 38.6 Å². The Morgan fingerprint density at radius 2 is 1.69 bits per heavy atom. The maximum atomic E-state index is 13.6. The lowest BCUT2D eigenvalue weighted by atomic mass is 10.00. The highest BCUT2D eigenvalue weighted by Gasteiger charge is 2.32. The van der Waals surface area contributed by atoms with Crippen molar-refractivity contribution in [1.82, 2.24) is 20.0 Å². The molecule has 0 aliphatic carbocycles. The lowest BCUT2D eigenvalue weighted by Crippen LogP contribution is -2.48. The standard InChI is InChI=1S/C28H26N4O4/c1-19(33)32-26-14-24-17-31(16-20-8-4-2-5-9-20)27(34)25(13-22(24)12-23(26)15-29-32)30-28(35)36-18-21-10-6-3-7-11-21/h2-12,14-15,25H,13,16-18H2,1H3,(H,30,35)/t25-/m1/s1. The zero-order valence-electron chi connectivity index (χ0n) is 19.9. The molecule has 8 heteroatoms. The van der Waals surface area contributed by atoms with Crippen molar-refractivity contribution in [3.63, 3.8) is 0 Å². The molecule has 0 fully saturated rings. The molecule has 4 aromatic rings. The number of nitrogens with zero attached hydrogens (tertiary/aromatic N) is 3. The van der Waals surface area contributed by atoms with Crippen LogP contribution >= 0.6 is 0 Å². The van der Waals surface area contributed by atoms with Gasteiger partial charge in [-0.2, -0.15) is 5.10 Å². The van der Waals surface area contributed by atoms with E-state index < -0.39 is 12.1 Å². The van der Waals surface area contributed by atoms with Crippen LogP contribution < -0.4 is 5.32 Å². The summed E-state index contributed by atoms with van der Waals surface area (Å²) in [6, 6.07) is 22.2. The molecular formula is C28H26N4O4. The smallest absolute Gasteiger partial charge is 0.408 e. The summed E-state index contributed by atoms with van der Waals surface area (Å²) in [5.41, 5.74) is 4.37. The first-order valence-electron chi connectivity index (χ1n) is 11.8. The van der Waals surface area contributed by atoms with E-state index in [4.69, 9.17) is 4.74 Å². The number of aromatic nitrogens is 2. The maximum absolute atomic E-state index is 13.6. The van der Waals surface area contributed by atoms with E-state index in [0.29, 0.717) is 25.0 Å². The predicted octanol–water partition coefficient (Wildman–Crippen LogP) is 4.08.